The predicted octanol–water partition coefficient (Wildman–Crippen LogP) is 6.41. The van der Waals surface area contributed by atoms with Crippen molar-refractivity contribution in [3.63, 3.8) is 0 Å². The van der Waals surface area contributed by atoms with E-state index in [0.717, 1.165) is 18.4 Å². The predicted molar refractivity (Wildman–Crippen MR) is 165 cm³/mol. The molecule has 1 aliphatic carbocycles. The van der Waals surface area contributed by atoms with Crippen molar-refractivity contribution in [1.82, 2.24) is 9.47 Å². The SMILES string of the molecule is [C-]#[N+]c1ccc2c(C(O)(CN3CCC(Oc4c(OC)cc(CCC(=O)OCC)cc4OC)CC3)C(F)(F)F)cn(CC3CC3)c2c1. The number of aromatic nitrogens is 1. The maximum atomic E-state index is 14.8. The largest absolute Gasteiger partial charge is 0.493 e. The highest BCUT2D eigenvalue weighted by Crippen LogP contribution is 2.45. The minimum atomic E-state index is -4.94. The summed E-state index contributed by atoms with van der Waals surface area (Å²) in [6.07, 6.45) is -0.354. The Kier molecular flexibility index (Phi) is 10.0. The summed E-state index contributed by atoms with van der Waals surface area (Å²) in [4.78, 5) is 16.9. The van der Waals surface area contributed by atoms with Crippen molar-refractivity contribution in [1.29, 1.82) is 0 Å². The third-order valence-electron chi connectivity index (χ3n) is 8.78. The van der Waals surface area contributed by atoms with Crippen LogP contribution in [0.25, 0.3) is 15.7 Å². The number of ether oxygens (including phenoxy) is 4. The van der Waals surface area contributed by atoms with Crippen LogP contribution in [0.2, 0.25) is 0 Å². The summed E-state index contributed by atoms with van der Waals surface area (Å²) in [7, 11) is 3.00. The fraction of sp³-hybridized carbons (Fsp3) is 0.529. The molecule has 2 aliphatic rings. The zero-order chi connectivity index (χ0) is 33.1. The van der Waals surface area contributed by atoms with Crippen molar-refractivity contribution in [3.8, 4) is 17.2 Å². The lowest BCUT2D eigenvalue weighted by Crippen LogP contribution is -2.53. The molecule has 9 nitrogen and oxygen atoms in total. The highest BCUT2D eigenvalue weighted by Gasteiger charge is 2.57. The highest BCUT2D eigenvalue weighted by molar-refractivity contribution is 5.88. The molecule has 3 aromatic rings. The lowest BCUT2D eigenvalue weighted by atomic mass is 9.91. The number of hydrogen-bond acceptors (Lipinski definition) is 7. The van der Waals surface area contributed by atoms with Crippen molar-refractivity contribution in [2.75, 3.05) is 40.5 Å². The second-order valence-electron chi connectivity index (χ2n) is 12.0. The number of nitrogens with zero attached hydrogens (tertiary/aromatic N) is 3. The molecule has 1 unspecified atom stereocenters. The standard InChI is InChI=1S/C34H40F3N3O6/c1-5-45-31(41)11-8-23-16-29(43-3)32(30(17-23)44-4)46-25-12-14-39(15-13-25)21-33(42,34(35,36)37)27-20-40(19-22-6-7-22)28-18-24(38-2)9-10-26(27)28/h9-10,16-18,20,22,25,42H,5-8,11-15,19,21H2,1,3-4H3. The van der Waals surface area contributed by atoms with Gasteiger partial charge in [0.15, 0.2) is 17.2 Å². The molecular formula is C34H40F3N3O6. The van der Waals surface area contributed by atoms with Crippen LogP contribution in [0.3, 0.4) is 0 Å². The summed E-state index contributed by atoms with van der Waals surface area (Å²) in [5.74, 6) is 1.32. The normalized spacial score (nSPS) is 17.3. The molecule has 12 heteroatoms. The van der Waals surface area contributed by atoms with E-state index in [1.54, 1.807) is 34.6 Å². The van der Waals surface area contributed by atoms with Gasteiger partial charge >= 0.3 is 12.1 Å². The number of fused-ring (bicyclic) bond motifs is 1. The van der Waals surface area contributed by atoms with E-state index in [0.29, 0.717) is 72.2 Å². The molecule has 1 atom stereocenters. The van der Waals surface area contributed by atoms with Gasteiger partial charge in [0.25, 0.3) is 0 Å². The third-order valence-corrected chi connectivity index (χ3v) is 8.78. The molecule has 1 saturated carbocycles. The van der Waals surface area contributed by atoms with E-state index in [9.17, 15) is 23.1 Å². The van der Waals surface area contributed by atoms with Crippen LogP contribution in [0.5, 0.6) is 17.2 Å². The zero-order valence-electron chi connectivity index (χ0n) is 26.4. The van der Waals surface area contributed by atoms with E-state index in [1.165, 1.54) is 32.5 Å². The minimum absolute atomic E-state index is 0.192. The van der Waals surface area contributed by atoms with E-state index >= 15 is 0 Å². The second kappa shape index (κ2) is 13.8. The summed E-state index contributed by atoms with van der Waals surface area (Å²) in [5, 5.41) is 11.8. The van der Waals surface area contributed by atoms with Crippen LogP contribution in [-0.2, 0) is 28.1 Å². The quantitative estimate of drug-likeness (QED) is 0.170. The number of piperidine rings is 1. The van der Waals surface area contributed by atoms with Gasteiger partial charge in [0.1, 0.15) is 6.10 Å². The van der Waals surface area contributed by atoms with Crippen molar-refractivity contribution < 1.29 is 42.0 Å². The van der Waals surface area contributed by atoms with Crippen LogP contribution >= 0.6 is 0 Å². The molecule has 5 rings (SSSR count). The summed E-state index contributed by atoms with van der Waals surface area (Å²) in [6, 6.07) is 8.16. The van der Waals surface area contributed by atoms with E-state index in [2.05, 4.69) is 4.85 Å². The Morgan fingerprint density at radius 1 is 1.07 bits per heavy atom. The number of β-amino-alcohol motifs (C(OH)–C–C–N with tert-alkyl or cyclic N) is 1. The van der Waals surface area contributed by atoms with Gasteiger partial charge in [0.2, 0.25) is 11.4 Å². The van der Waals surface area contributed by atoms with Gasteiger partial charge in [-0.3, -0.25) is 9.69 Å². The molecular weight excluding hydrogens is 603 g/mol. The summed E-state index contributed by atoms with van der Waals surface area (Å²) in [6.45, 7) is 9.89. The minimum Gasteiger partial charge on any atom is -0.493 e. The molecule has 1 aromatic heterocycles. The molecule has 0 bridgehead atoms. The average molecular weight is 644 g/mol. The number of benzene rings is 2. The van der Waals surface area contributed by atoms with Gasteiger partial charge < -0.3 is 28.6 Å². The summed E-state index contributed by atoms with van der Waals surface area (Å²) in [5.41, 5.74) is -1.63. The van der Waals surface area contributed by atoms with Crippen molar-refractivity contribution in [3.05, 3.63) is 59.1 Å². The van der Waals surface area contributed by atoms with Crippen LogP contribution in [-0.4, -0.2) is 73.3 Å². The zero-order valence-corrected chi connectivity index (χ0v) is 26.4. The highest BCUT2D eigenvalue weighted by atomic mass is 19.4. The summed E-state index contributed by atoms with van der Waals surface area (Å²) < 4.78 is 68.6. The molecule has 46 heavy (non-hydrogen) atoms. The Bertz CT molecular complexity index is 1560. The molecule has 1 N–H and O–H groups in total. The van der Waals surface area contributed by atoms with Crippen LogP contribution in [0.15, 0.2) is 36.5 Å². The van der Waals surface area contributed by atoms with Gasteiger partial charge in [0.05, 0.1) is 27.4 Å². The van der Waals surface area contributed by atoms with Crippen LogP contribution in [0.1, 0.15) is 50.2 Å². The molecule has 248 valence electrons. The molecule has 2 fully saturated rings. The first kappa shape index (κ1) is 33.4. The molecule has 1 aliphatic heterocycles. The topological polar surface area (TPSA) is 86.8 Å². The lowest BCUT2D eigenvalue weighted by molar-refractivity contribution is -0.272. The van der Waals surface area contributed by atoms with Crippen LogP contribution in [0.4, 0.5) is 18.9 Å². The van der Waals surface area contributed by atoms with E-state index in [-0.39, 0.29) is 37.1 Å². The van der Waals surface area contributed by atoms with E-state index < -0.39 is 18.3 Å². The first-order chi connectivity index (χ1) is 22.0. The average Bonchev–Trinajstić information content (AvgIpc) is 3.79. The molecule has 1 saturated heterocycles. The van der Waals surface area contributed by atoms with E-state index in [1.807, 2.05) is 0 Å². The molecule has 2 aromatic carbocycles. The van der Waals surface area contributed by atoms with Crippen molar-refractivity contribution in [2.45, 2.75) is 69.9 Å². The fourth-order valence-electron chi connectivity index (χ4n) is 6.09. The number of carbonyl (C=O) groups is 1. The van der Waals surface area contributed by atoms with Gasteiger partial charge in [-0.1, -0.05) is 12.1 Å². The molecule has 0 spiro atoms. The number of aryl methyl sites for hydroxylation is 1. The Morgan fingerprint density at radius 3 is 2.30 bits per heavy atom. The Morgan fingerprint density at radius 2 is 1.74 bits per heavy atom. The number of aliphatic hydroxyl groups is 1. The Labute approximate surface area is 266 Å². The number of alkyl halides is 3. The monoisotopic (exact) mass is 643 g/mol. The number of hydrogen-bond donors (Lipinski definition) is 1. The fourth-order valence-corrected chi connectivity index (χ4v) is 6.09. The van der Waals surface area contributed by atoms with Crippen LogP contribution in [0, 0.1) is 12.5 Å². The Balaban J connectivity index is 1.31. The van der Waals surface area contributed by atoms with Gasteiger partial charge in [-0.2, -0.15) is 13.2 Å². The molecule has 0 radical (unpaired) electrons. The maximum Gasteiger partial charge on any atom is 0.422 e. The second-order valence-corrected chi connectivity index (χ2v) is 12.0. The van der Waals surface area contributed by atoms with Crippen LogP contribution < -0.4 is 14.2 Å². The summed E-state index contributed by atoms with van der Waals surface area (Å²) >= 11 is 0. The van der Waals surface area contributed by atoms with E-state index in [4.69, 9.17) is 25.5 Å². The smallest absolute Gasteiger partial charge is 0.422 e. The van der Waals surface area contributed by atoms with Crippen molar-refractivity contribution in [2.24, 2.45) is 5.92 Å². The Hall–Kier alpha value is -3.95. The number of esters is 1. The number of rotatable bonds is 13. The number of methoxy groups -OCH3 is 2. The number of likely N-dealkylation sites (tertiary alicyclic amines) is 1. The maximum absolute atomic E-state index is 14.8. The first-order valence-electron chi connectivity index (χ1n) is 15.6. The molecule has 0 amide bonds. The van der Waals surface area contributed by atoms with Gasteiger partial charge in [0, 0.05) is 55.3 Å². The van der Waals surface area contributed by atoms with Gasteiger partial charge in [-0.15, -0.1) is 0 Å². The number of carbonyl (C=O) groups excluding carboxylic acids is 1. The first-order valence-corrected chi connectivity index (χ1v) is 15.6. The third kappa shape index (κ3) is 7.21. The number of halogens is 3. The molecule has 2 heterocycles. The van der Waals surface area contributed by atoms with Gasteiger partial charge in [-0.05, 0) is 68.7 Å². The lowest BCUT2D eigenvalue weighted by Gasteiger charge is -2.39. The van der Waals surface area contributed by atoms with Crippen molar-refractivity contribution >= 4 is 22.6 Å². The van der Waals surface area contributed by atoms with Gasteiger partial charge in [-0.25, -0.2) is 4.85 Å².